The Morgan fingerprint density at radius 3 is 2.43 bits per heavy atom. The van der Waals surface area contributed by atoms with Crippen molar-refractivity contribution >= 4 is 16.7 Å². The quantitative estimate of drug-likeness (QED) is 0.691. The first-order chi connectivity index (χ1) is 14.5. The molecular weight excluding hydrogens is 384 g/mol. The van der Waals surface area contributed by atoms with Gasteiger partial charge in [0.05, 0.1) is 13.7 Å². The molecule has 0 atom stereocenters. The van der Waals surface area contributed by atoms with E-state index in [1.54, 1.807) is 0 Å². The Bertz CT molecular complexity index is 1100. The summed E-state index contributed by atoms with van der Waals surface area (Å²) in [5.74, 6) is 0.831. The number of hydrogen-bond acceptors (Lipinski definition) is 7. The van der Waals surface area contributed by atoms with Gasteiger partial charge in [-0.2, -0.15) is 0 Å². The van der Waals surface area contributed by atoms with Crippen LogP contribution >= 0.6 is 0 Å². The molecule has 0 aliphatic carbocycles. The first-order valence-electron chi connectivity index (χ1n) is 10.1. The zero-order valence-corrected chi connectivity index (χ0v) is 17.5. The molecule has 1 aliphatic rings. The van der Waals surface area contributed by atoms with Crippen LogP contribution in [0, 0.1) is 0 Å². The predicted octanol–water partition coefficient (Wildman–Crippen LogP) is 3.32. The van der Waals surface area contributed by atoms with Crippen LogP contribution < -0.4 is 19.8 Å². The summed E-state index contributed by atoms with van der Waals surface area (Å²) in [5.41, 5.74) is 1.75. The highest BCUT2D eigenvalue weighted by Crippen LogP contribution is 2.41. The third-order valence-electron chi connectivity index (χ3n) is 5.43. The van der Waals surface area contributed by atoms with E-state index in [1.807, 2.05) is 31.2 Å². The number of aromatic hydroxyl groups is 1. The van der Waals surface area contributed by atoms with Crippen LogP contribution in [0.2, 0.25) is 0 Å². The van der Waals surface area contributed by atoms with Crippen molar-refractivity contribution in [3.8, 4) is 28.6 Å². The van der Waals surface area contributed by atoms with Gasteiger partial charge in [0, 0.05) is 49.6 Å². The van der Waals surface area contributed by atoms with Crippen molar-refractivity contribution in [2.24, 2.45) is 0 Å². The molecule has 0 unspecified atom stereocenters. The van der Waals surface area contributed by atoms with Gasteiger partial charge >= 0.3 is 0 Å². The van der Waals surface area contributed by atoms with Crippen molar-refractivity contribution in [1.29, 1.82) is 0 Å². The molecule has 0 spiro atoms. The zero-order valence-electron chi connectivity index (χ0n) is 17.5. The largest absolute Gasteiger partial charge is 0.507 e. The Hall–Kier alpha value is -3.19. The molecular formula is C23H26N2O5. The lowest BCUT2D eigenvalue weighted by Crippen LogP contribution is -2.44. The van der Waals surface area contributed by atoms with Gasteiger partial charge in [0.1, 0.15) is 16.9 Å². The van der Waals surface area contributed by atoms with Crippen molar-refractivity contribution < 1.29 is 19.0 Å². The van der Waals surface area contributed by atoms with Gasteiger partial charge < -0.3 is 28.8 Å². The van der Waals surface area contributed by atoms with E-state index < -0.39 is 0 Å². The van der Waals surface area contributed by atoms with Crippen LogP contribution in [0.25, 0.3) is 22.3 Å². The lowest BCUT2D eigenvalue weighted by atomic mass is 10.1. The van der Waals surface area contributed by atoms with Gasteiger partial charge in [-0.25, -0.2) is 0 Å². The maximum atomic E-state index is 12.7. The topological polar surface area (TPSA) is 75.4 Å². The molecule has 2 aromatic carbocycles. The number of anilines is 1. The van der Waals surface area contributed by atoms with E-state index in [1.165, 1.54) is 19.2 Å². The van der Waals surface area contributed by atoms with E-state index >= 15 is 0 Å². The molecule has 4 rings (SSSR count). The molecule has 158 valence electrons. The highest BCUT2D eigenvalue weighted by atomic mass is 16.5. The summed E-state index contributed by atoms with van der Waals surface area (Å²) in [5, 5.41) is 10.4. The highest BCUT2D eigenvalue weighted by molar-refractivity contribution is 5.91. The Morgan fingerprint density at radius 2 is 1.80 bits per heavy atom. The van der Waals surface area contributed by atoms with Crippen LogP contribution in [0.4, 0.5) is 5.69 Å². The van der Waals surface area contributed by atoms with Gasteiger partial charge in [-0.15, -0.1) is 0 Å². The number of rotatable bonds is 5. The molecule has 0 amide bonds. The lowest BCUT2D eigenvalue weighted by Gasteiger charge is -2.34. The summed E-state index contributed by atoms with van der Waals surface area (Å²) in [6, 6.07) is 10.7. The highest BCUT2D eigenvalue weighted by Gasteiger charge is 2.20. The molecule has 0 radical (unpaired) electrons. The standard InChI is InChI=1S/C23H26N2O5/c1-4-29-20-14-18(27)21-17(26)13-19(30-23(21)22(20)28-3)15-5-7-16(8-6-15)25-11-9-24(2)10-12-25/h5-8,13-14,27H,4,9-12H2,1-3H3. The molecule has 1 aliphatic heterocycles. The summed E-state index contributed by atoms with van der Waals surface area (Å²) in [4.78, 5) is 17.4. The Morgan fingerprint density at radius 1 is 1.10 bits per heavy atom. The molecule has 2 heterocycles. The molecule has 0 saturated carbocycles. The number of ether oxygens (including phenoxy) is 2. The van der Waals surface area contributed by atoms with E-state index in [0.717, 1.165) is 37.4 Å². The van der Waals surface area contributed by atoms with Crippen LogP contribution in [0.1, 0.15) is 6.92 Å². The van der Waals surface area contributed by atoms with Crippen LogP contribution in [0.3, 0.4) is 0 Å². The summed E-state index contributed by atoms with van der Waals surface area (Å²) in [7, 11) is 3.61. The number of phenolic OH excluding ortho intramolecular Hbond substituents is 1. The normalized spacial score (nSPS) is 14.8. The number of fused-ring (bicyclic) bond motifs is 1. The summed E-state index contributed by atoms with van der Waals surface area (Å²) in [6.45, 7) is 6.25. The van der Waals surface area contributed by atoms with E-state index in [4.69, 9.17) is 13.9 Å². The third-order valence-corrected chi connectivity index (χ3v) is 5.43. The number of likely N-dealkylation sites (N-methyl/N-ethyl adjacent to an activating group) is 1. The number of hydrogen-bond donors (Lipinski definition) is 1. The van der Waals surface area contributed by atoms with Crippen LogP contribution in [-0.4, -0.2) is 56.9 Å². The molecule has 7 nitrogen and oxygen atoms in total. The van der Waals surface area contributed by atoms with Gasteiger partial charge in [0.25, 0.3) is 0 Å². The average Bonchev–Trinajstić information content (AvgIpc) is 2.74. The minimum absolute atomic E-state index is 0.0770. The second-order valence-corrected chi connectivity index (χ2v) is 7.38. The van der Waals surface area contributed by atoms with E-state index in [-0.39, 0.29) is 27.9 Å². The van der Waals surface area contributed by atoms with Crippen molar-refractivity contribution in [3.63, 3.8) is 0 Å². The van der Waals surface area contributed by atoms with Crippen LogP contribution in [0.5, 0.6) is 17.2 Å². The van der Waals surface area contributed by atoms with Crippen LogP contribution in [0.15, 0.2) is 45.6 Å². The SMILES string of the molecule is CCOc1cc(O)c2c(=O)cc(-c3ccc(N4CCN(C)CC4)cc3)oc2c1OC. The Balaban J connectivity index is 1.75. The van der Waals surface area contributed by atoms with Gasteiger partial charge in [0.2, 0.25) is 5.75 Å². The fraction of sp³-hybridized carbons (Fsp3) is 0.348. The Labute approximate surface area is 175 Å². The maximum absolute atomic E-state index is 12.7. The first kappa shape index (κ1) is 20.1. The summed E-state index contributed by atoms with van der Waals surface area (Å²) in [6.07, 6.45) is 0. The van der Waals surface area contributed by atoms with E-state index in [2.05, 4.69) is 16.8 Å². The minimum Gasteiger partial charge on any atom is -0.507 e. The Kier molecular flexibility index (Phi) is 5.55. The molecule has 1 saturated heterocycles. The van der Waals surface area contributed by atoms with Crippen molar-refractivity contribution in [1.82, 2.24) is 4.90 Å². The van der Waals surface area contributed by atoms with Gasteiger partial charge in [-0.05, 0) is 38.2 Å². The smallest absolute Gasteiger partial charge is 0.205 e. The van der Waals surface area contributed by atoms with Crippen molar-refractivity contribution in [2.75, 3.05) is 51.8 Å². The number of nitrogens with zero attached hydrogens (tertiary/aromatic N) is 2. The van der Waals surface area contributed by atoms with Gasteiger partial charge in [-0.1, -0.05) is 0 Å². The molecule has 1 fully saturated rings. The summed E-state index contributed by atoms with van der Waals surface area (Å²) >= 11 is 0. The second kappa shape index (κ2) is 8.28. The molecule has 3 aromatic rings. The number of benzene rings is 2. The maximum Gasteiger partial charge on any atom is 0.205 e. The fourth-order valence-electron chi connectivity index (χ4n) is 3.77. The molecule has 0 bridgehead atoms. The molecule has 30 heavy (non-hydrogen) atoms. The second-order valence-electron chi connectivity index (χ2n) is 7.38. The average molecular weight is 410 g/mol. The van der Waals surface area contributed by atoms with E-state index in [0.29, 0.717) is 18.1 Å². The van der Waals surface area contributed by atoms with Gasteiger partial charge in [-0.3, -0.25) is 4.79 Å². The number of methoxy groups -OCH3 is 1. The molecule has 7 heteroatoms. The van der Waals surface area contributed by atoms with Crippen LogP contribution in [-0.2, 0) is 0 Å². The molecule has 1 N–H and O–H groups in total. The van der Waals surface area contributed by atoms with Crippen molar-refractivity contribution in [3.05, 3.63) is 46.6 Å². The third kappa shape index (κ3) is 3.68. The zero-order chi connectivity index (χ0) is 21.3. The van der Waals surface area contributed by atoms with Gasteiger partial charge in [0.15, 0.2) is 16.8 Å². The monoisotopic (exact) mass is 410 g/mol. The lowest BCUT2D eigenvalue weighted by molar-refractivity contribution is 0.308. The number of phenols is 1. The van der Waals surface area contributed by atoms with Crippen molar-refractivity contribution in [2.45, 2.75) is 6.92 Å². The fourth-order valence-corrected chi connectivity index (χ4v) is 3.77. The predicted molar refractivity (Wildman–Crippen MR) is 117 cm³/mol. The van der Waals surface area contributed by atoms with E-state index in [9.17, 15) is 9.90 Å². The number of piperazine rings is 1. The first-order valence-corrected chi connectivity index (χ1v) is 10.1. The molecule has 1 aromatic heterocycles. The minimum atomic E-state index is -0.340. The summed E-state index contributed by atoms with van der Waals surface area (Å²) < 4.78 is 17.0.